The molecule has 0 aliphatic carbocycles. The summed E-state index contributed by atoms with van der Waals surface area (Å²) in [5, 5.41) is 2.95. The predicted molar refractivity (Wildman–Crippen MR) is 117 cm³/mol. The fourth-order valence-corrected chi connectivity index (χ4v) is 3.41. The lowest BCUT2D eigenvalue weighted by atomic mass is 10.1. The molecule has 2 rings (SSSR count). The lowest BCUT2D eigenvalue weighted by Crippen LogP contribution is -2.48. The highest BCUT2D eigenvalue weighted by molar-refractivity contribution is 9.10. The molecule has 2 aromatic carbocycles. The Morgan fingerprint density at radius 3 is 2.36 bits per heavy atom. The van der Waals surface area contributed by atoms with Gasteiger partial charge in [0, 0.05) is 17.6 Å². The van der Waals surface area contributed by atoms with Crippen molar-refractivity contribution in [3.63, 3.8) is 0 Å². The van der Waals surface area contributed by atoms with Crippen molar-refractivity contribution in [1.82, 2.24) is 10.2 Å². The smallest absolute Gasteiger partial charge is 0.242 e. The molecule has 0 bridgehead atoms. The molecule has 0 aliphatic rings. The summed E-state index contributed by atoms with van der Waals surface area (Å²) in [5.74, 6) is 0.178. The Balaban J connectivity index is 2.21. The van der Waals surface area contributed by atoms with Crippen LogP contribution in [0.25, 0.3) is 0 Å². The third kappa shape index (κ3) is 6.79. The second kappa shape index (κ2) is 10.4. The van der Waals surface area contributed by atoms with Gasteiger partial charge in [0.25, 0.3) is 0 Å². The van der Waals surface area contributed by atoms with Crippen LogP contribution in [0.15, 0.2) is 53.0 Å². The maximum Gasteiger partial charge on any atom is 0.242 e. The second-order valence-electron chi connectivity index (χ2n) is 7.63. The molecule has 4 nitrogen and oxygen atoms in total. The molecule has 0 radical (unpaired) electrons. The van der Waals surface area contributed by atoms with Gasteiger partial charge in [-0.25, -0.2) is 0 Å². The van der Waals surface area contributed by atoms with E-state index < -0.39 is 6.04 Å². The topological polar surface area (TPSA) is 49.4 Å². The van der Waals surface area contributed by atoms with E-state index in [4.69, 9.17) is 0 Å². The van der Waals surface area contributed by atoms with E-state index in [2.05, 4.69) is 21.2 Å². The lowest BCUT2D eigenvalue weighted by Gasteiger charge is -2.29. The van der Waals surface area contributed by atoms with E-state index in [1.807, 2.05) is 69.3 Å². The van der Waals surface area contributed by atoms with E-state index >= 15 is 0 Å². The normalized spacial score (nSPS) is 11.9. The lowest BCUT2D eigenvalue weighted by molar-refractivity contribution is -0.140. The number of amides is 2. The van der Waals surface area contributed by atoms with Gasteiger partial charge in [0.15, 0.2) is 0 Å². The zero-order valence-corrected chi connectivity index (χ0v) is 18.6. The summed E-state index contributed by atoms with van der Waals surface area (Å²) in [6, 6.07) is 15.2. The summed E-state index contributed by atoms with van der Waals surface area (Å²) >= 11 is 3.47. The van der Waals surface area contributed by atoms with E-state index in [1.165, 1.54) is 0 Å². The van der Waals surface area contributed by atoms with Crippen LogP contribution in [0.2, 0.25) is 0 Å². The van der Waals surface area contributed by atoms with Gasteiger partial charge in [0.2, 0.25) is 11.8 Å². The Bertz CT molecular complexity index is 820. The minimum atomic E-state index is -0.546. The standard InChI is InChI=1S/C23H29BrN2O2/c1-16(2)14-25-23(28)18(4)26(15-20-9-6-10-21(24)12-20)22(27)13-19-8-5-7-17(3)11-19/h5-12,16,18H,13-15H2,1-4H3,(H,25,28)/t18-/m1/s1. The van der Waals surface area contributed by atoms with Crippen LogP contribution in [0.4, 0.5) is 0 Å². The molecule has 1 atom stereocenters. The summed E-state index contributed by atoms with van der Waals surface area (Å²) in [4.78, 5) is 27.4. The molecule has 0 fully saturated rings. The summed E-state index contributed by atoms with van der Waals surface area (Å²) < 4.78 is 0.952. The van der Waals surface area contributed by atoms with Crippen LogP contribution < -0.4 is 5.32 Å². The van der Waals surface area contributed by atoms with E-state index in [-0.39, 0.29) is 18.2 Å². The number of hydrogen-bond acceptors (Lipinski definition) is 2. The number of aryl methyl sites for hydroxylation is 1. The number of benzene rings is 2. The molecule has 28 heavy (non-hydrogen) atoms. The van der Waals surface area contributed by atoms with Gasteiger partial charge in [-0.2, -0.15) is 0 Å². The van der Waals surface area contributed by atoms with E-state index in [9.17, 15) is 9.59 Å². The SMILES string of the molecule is Cc1cccc(CC(=O)N(Cc2cccc(Br)c2)[C@H](C)C(=O)NCC(C)C)c1. The van der Waals surface area contributed by atoms with Crippen LogP contribution in [0.1, 0.15) is 37.5 Å². The van der Waals surface area contributed by atoms with Crippen LogP contribution in [-0.2, 0) is 22.6 Å². The number of hydrogen-bond donors (Lipinski definition) is 1. The summed E-state index contributed by atoms with van der Waals surface area (Å²) in [5.41, 5.74) is 3.06. The minimum Gasteiger partial charge on any atom is -0.354 e. The van der Waals surface area contributed by atoms with Crippen molar-refractivity contribution < 1.29 is 9.59 Å². The van der Waals surface area contributed by atoms with Gasteiger partial charge in [-0.3, -0.25) is 9.59 Å². The van der Waals surface area contributed by atoms with Gasteiger partial charge in [-0.15, -0.1) is 0 Å². The van der Waals surface area contributed by atoms with Crippen molar-refractivity contribution in [3.05, 3.63) is 69.7 Å². The highest BCUT2D eigenvalue weighted by Crippen LogP contribution is 2.17. The van der Waals surface area contributed by atoms with Gasteiger partial charge in [-0.1, -0.05) is 71.7 Å². The highest BCUT2D eigenvalue weighted by atomic mass is 79.9. The van der Waals surface area contributed by atoms with Gasteiger partial charge in [0.05, 0.1) is 6.42 Å². The first-order valence-electron chi connectivity index (χ1n) is 9.63. The highest BCUT2D eigenvalue weighted by Gasteiger charge is 2.26. The number of halogens is 1. The molecule has 0 saturated heterocycles. The number of nitrogens with one attached hydrogen (secondary N) is 1. The van der Waals surface area contributed by atoms with Gasteiger partial charge in [-0.05, 0) is 43.0 Å². The predicted octanol–water partition coefficient (Wildman–Crippen LogP) is 4.49. The maximum absolute atomic E-state index is 13.1. The van der Waals surface area contributed by atoms with Crippen molar-refractivity contribution in [2.45, 2.75) is 46.7 Å². The Morgan fingerprint density at radius 2 is 1.71 bits per heavy atom. The second-order valence-corrected chi connectivity index (χ2v) is 8.55. The Labute approximate surface area is 176 Å². The fraction of sp³-hybridized carbons (Fsp3) is 0.391. The third-order valence-corrected chi connectivity index (χ3v) is 5.02. The zero-order valence-electron chi connectivity index (χ0n) is 17.0. The maximum atomic E-state index is 13.1. The molecular formula is C23H29BrN2O2. The molecule has 150 valence electrons. The molecule has 1 N–H and O–H groups in total. The van der Waals surface area contributed by atoms with Gasteiger partial charge >= 0.3 is 0 Å². The Morgan fingerprint density at radius 1 is 1.04 bits per heavy atom. The van der Waals surface area contributed by atoms with Crippen molar-refractivity contribution in [3.8, 4) is 0 Å². The van der Waals surface area contributed by atoms with Crippen LogP contribution in [0.3, 0.4) is 0 Å². The first kappa shape index (κ1) is 22.2. The molecule has 0 spiro atoms. The molecule has 5 heteroatoms. The first-order chi connectivity index (χ1) is 13.3. The number of nitrogens with zero attached hydrogens (tertiary/aromatic N) is 1. The van der Waals surface area contributed by atoms with Crippen LogP contribution >= 0.6 is 15.9 Å². The van der Waals surface area contributed by atoms with Crippen LogP contribution in [-0.4, -0.2) is 29.3 Å². The van der Waals surface area contributed by atoms with Crippen molar-refractivity contribution in [2.24, 2.45) is 5.92 Å². The molecule has 0 unspecified atom stereocenters. The van der Waals surface area contributed by atoms with Crippen molar-refractivity contribution >= 4 is 27.7 Å². The molecule has 0 aromatic heterocycles. The van der Waals surface area contributed by atoms with E-state index in [1.54, 1.807) is 11.8 Å². The zero-order chi connectivity index (χ0) is 20.7. The van der Waals surface area contributed by atoms with Crippen molar-refractivity contribution in [2.75, 3.05) is 6.54 Å². The molecule has 0 heterocycles. The van der Waals surface area contributed by atoms with Crippen LogP contribution in [0.5, 0.6) is 0 Å². The Hall–Kier alpha value is -2.14. The number of carbonyl (C=O) groups excluding carboxylic acids is 2. The van der Waals surface area contributed by atoms with Gasteiger partial charge < -0.3 is 10.2 Å². The Kier molecular flexibility index (Phi) is 8.24. The number of rotatable bonds is 8. The summed E-state index contributed by atoms with van der Waals surface area (Å²) in [7, 11) is 0. The van der Waals surface area contributed by atoms with E-state index in [0.717, 1.165) is 21.2 Å². The summed E-state index contributed by atoms with van der Waals surface area (Å²) in [6.45, 7) is 8.89. The molecule has 2 aromatic rings. The molecule has 0 aliphatic heterocycles. The molecule has 0 saturated carbocycles. The largest absolute Gasteiger partial charge is 0.354 e. The van der Waals surface area contributed by atoms with E-state index in [0.29, 0.717) is 19.0 Å². The first-order valence-corrected chi connectivity index (χ1v) is 10.4. The van der Waals surface area contributed by atoms with Gasteiger partial charge in [0.1, 0.15) is 6.04 Å². The average molecular weight is 445 g/mol. The quantitative estimate of drug-likeness (QED) is 0.651. The monoisotopic (exact) mass is 444 g/mol. The van der Waals surface area contributed by atoms with Crippen molar-refractivity contribution in [1.29, 1.82) is 0 Å². The van der Waals surface area contributed by atoms with Crippen LogP contribution in [0, 0.1) is 12.8 Å². The molecule has 2 amide bonds. The third-order valence-electron chi connectivity index (χ3n) is 4.53. The summed E-state index contributed by atoms with van der Waals surface area (Å²) in [6.07, 6.45) is 0.275. The minimum absolute atomic E-state index is 0.0576. The number of carbonyl (C=O) groups is 2. The fourth-order valence-electron chi connectivity index (χ4n) is 2.97. The molecular weight excluding hydrogens is 416 g/mol. The average Bonchev–Trinajstić information content (AvgIpc) is 2.63.